The molecule has 0 saturated carbocycles. The van der Waals surface area contributed by atoms with Crippen molar-refractivity contribution in [2.24, 2.45) is 11.8 Å². The van der Waals surface area contributed by atoms with Crippen molar-refractivity contribution in [1.29, 1.82) is 0 Å². The zero-order valence-corrected chi connectivity index (χ0v) is 11.6. The van der Waals surface area contributed by atoms with Crippen molar-refractivity contribution in [2.45, 2.75) is 33.0 Å². The van der Waals surface area contributed by atoms with Gasteiger partial charge in [-0.25, -0.2) is 4.39 Å². The van der Waals surface area contributed by atoms with E-state index >= 15 is 0 Å². The molecule has 0 bridgehead atoms. The summed E-state index contributed by atoms with van der Waals surface area (Å²) in [5.74, 6) is -0.527. The van der Waals surface area contributed by atoms with Gasteiger partial charge in [0.25, 0.3) is 0 Å². The molecule has 4 atom stereocenters. The van der Waals surface area contributed by atoms with Crippen LogP contribution in [-0.2, 0) is 4.74 Å². The molecule has 1 aromatic carbocycles. The number of Topliss-reactive ketones (excluding diaryl/α,β-unsaturated/α-hetero) is 1. The number of carbonyl (C=O) groups excluding carboxylic acids is 1. The first kappa shape index (κ1) is 14.0. The van der Waals surface area contributed by atoms with Crippen LogP contribution in [0.15, 0.2) is 18.2 Å². The van der Waals surface area contributed by atoms with Gasteiger partial charge >= 0.3 is 0 Å². The maximum atomic E-state index is 14.0. The molecule has 3 nitrogen and oxygen atoms in total. The molecule has 0 N–H and O–H groups in total. The molecular formula is C15H19FO3. The summed E-state index contributed by atoms with van der Waals surface area (Å²) in [6.45, 7) is 5.78. The molecule has 0 amide bonds. The summed E-state index contributed by atoms with van der Waals surface area (Å²) in [5, 5.41) is 0. The Morgan fingerprint density at radius 2 is 1.95 bits per heavy atom. The van der Waals surface area contributed by atoms with Crippen LogP contribution in [-0.4, -0.2) is 25.1 Å². The number of carbonyl (C=O) groups is 1. The zero-order valence-electron chi connectivity index (χ0n) is 11.6. The molecule has 0 radical (unpaired) electrons. The maximum Gasteiger partial charge on any atom is 0.171 e. The summed E-state index contributed by atoms with van der Waals surface area (Å²) < 4.78 is 24.5. The second kappa shape index (κ2) is 5.29. The normalized spacial score (nSPS) is 30.4. The fourth-order valence-electron chi connectivity index (χ4n) is 2.72. The molecule has 4 heteroatoms. The van der Waals surface area contributed by atoms with E-state index in [1.54, 1.807) is 6.07 Å². The summed E-state index contributed by atoms with van der Waals surface area (Å²) >= 11 is 0. The lowest BCUT2D eigenvalue weighted by molar-refractivity contribution is 0.0490. The molecule has 1 aliphatic rings. The molecule has 104 valence electrons. The van der Waals surface area contributed by atoms with Crippen molar-refractivity contribution in [3.63, 3.8) is 0 Å². The van der Waals surface area contributed by atoms with Gasteiger partial charge in [-0.3, -0.25) is 4.79 Å². The Bertz CT molecular complexity index is 486. The van der Waals surface area contributed by atoms with E-state index in [9.17, 15) is 9.18 Å². The van der Waals surface area contributed by atoms with Gasteiger partial charge < -0.3 is 9.47 Å². The molecule has 0 spiro atoms. The highest BCUT2D eigenvalue weighted by molar-refractivity contribution is 5.99. The highest BCUT2D eigenvalue weighted by Gasteiger charge is 2.42. The van der Waals surface area contributed by atoms with Crippen LogP contribution in [0, 0.1) is 17.7 Å². The summed E-state index contributed by atoms with van der Waals surface area (Å²) in [6.07, 6.45) is -0.163. The van der Waals surface area contributed by atoms with Gasteiger partial charge in [-0.05, 0) is 31.9 Å². The van der Waals surface area contributed by atoms with E-state index in [1.165, 1.54) is 19.2 Å². The lowest BCUT2D eigenvalue weighted by Gasteiger charge is -2.17. The van der Waals surface area contributed by atoms with Crippen LogP contribution in [0.4, 0.5) is 4.39 Å². The predicted molar refractivity (Wildman–Crippen MR) is 69.9 cm³/mol. The fraction of sp³-hybridized carbons (Fsp3) is 0.533. The minimum atomic E-state index is -0.539. The van der Waals surface area contributed by atoms with Gasteiger partial charge in [-0.15, -0.1) is 0 Å². The highest BCUT2D eigenvalue weighted by Crippen LogP contribution is 2.35. The third-order valence-corrected chi connectivity index (χ3v) is 3.99. The van der Waals surface area contributed by atoms with Crippen LogP contribution in [0.2, 0.25) is 0 Å². The molecule has 1 fully saturated rings. The van der Waals surface area contributed by atoms with E-state index < -0.39 is 5.82 Å². The van der Waals surface area contributed by atoms with Gasteiger partial charge in [0.05, 0.1) is 30.8 Å². The number of ketones is 1. The Morgan fingerprint density at radius 1 is 1.26 bits per heavy atom. The minimum Gasteiger partial charge on any atom is -0.497 e. The second-order valence-electron chi connectivity index (χ2n) is 5.14. The molecule has 1 heterocycles. The average molecular weight is 266 g/mol. The van der Waals surface area contributed by atoms with Crippen molar-refractivity contribution in [3.8, 4) is 5.75 Å². The number of hydrogen-bond acceptors (Lipinski definition) is 3. The van der Waals surface area contributed by atoms with Gasteiger partial charge in [0.15, 0.2) is 5.78 Å². The number of methoxy groups -OCH3 is 1. The number of ether oxygens (including phenoxy) is 2. The van der Waals surface area contributed by atoms with Crippen LogP contribution in [0.25, 0.3) is 0 Å². The summed E-state index contributed by atoms with van der Waals surface area (Å²) in [6, 6.07) is 4.33. The zero-order chi connectivity index (χ0) is 14.2. The smallest absolute Gasteiger partial charge is 0.171 e. The molecule has 0 aromatic heterocycles. The van der Waals surface area contributed by atoms with Gasteiger partial charge in [0.2, 0.25) is 0 Å². The van der Waals surface area contributed by atoms with E-state index in [4.69, 9.17) is 9.47 Å². The fourth-order valence-corrected chi connectivity index (χ4v) is 2.72. The molecule has 1 aliphatic heterocycles. The summed E-state index contributed by atoms with van der Waals surface area (Å²) in [7, 11) is 1.47. The molecule has 0 aliphatic carbocycles. The van der Waals surface area contributed by atoms with E-state index in [-0.39, 0.29) is 35.4 Å². The molecule has 4 unspecified atom stereocenters. The number of rotatable bonds is 3. The molecular weight excluding hydrogens is 247 g/mol. The summed E-state index contributed by atoms with van der Waals surface area (Å²) in [4.78, 5) is 12.5. The number of halogens is 1. The molecule has 1 aromatic rings. The Kier molecular flexibility index (Phi) is 3.90. The minimum absolute atomic E-state index is 0.0188. The van der Waals surface area contributed by atoms with E-state index in [1.807, 2.05) is 20.8 Å². The van der Waals surface area contributed by atoms with Crippen LogP contribution < -0.4 is 4.74 Å². The van der Waals surface area contributed by atoms with Crippen LogP contribution >= 0.6 is 0 Å². The first-order chi connectivity index (χ1) is 8.95. The van der Waals surface area contributed by atoms with Gasteiger partial charge in [-0.1, -0.05) is 6.92 Å². The monoisotopic (exact) mass is 266 g/mol. The molecule has 1 saturated heterocycles. The molecule has 19 heavy (non-hydrogen) atoms. The highest BCUT2D eigenvalue weighted by atomic mass is 19.1. The Labute approximate surface area is 112 Å². The van der Waals surface area contributed by atoms with Gasteiger partial charge in [-0.2, -0.15) is 0 Å². The van der Waals surface area contributed by atoms with Gasteiger partial charge in [0.1, 0.15) is 11.6 Å². The quantitative estimate of drug-likeness (QED) is 0.789. The van der Waals surface area contributed by atoms with Crippen LogP contribution in [0.5, 0.6) is 5.75 Å². The third kappa shape index (κ3) is 2.50. The Balaban J connectivity index is 2.29. The molecule has 2 rings (SSSR count). The van der Waals surface area contributed by atoms with Gasteiger partial charge in [0, 0.05) is 6.07 Å². The number of hydrogen-bond donors (Lipinski definition) is 0. The summed E-state index contributed by atoms with van der Waals surface area (Å²) in [5.41, 5.74) is 0.113. The van der Waals surface area contributed by atoms with E-state index in [0.717, 1.165) is 0 Å². The predicted octanol–water partition coefficient (Wildman–Crippen LogP) is 3.08. The lowest BCUT2D eigenvalue weighted by atomic mass is 9.83. The SMILES string of the molecule is COc1ccc(C(=O)C2C(C)OC(C)C2C)c(F)c1. The third-order valence-electron chi connectivity index (χ3n) is 3.99. The van der Waals surface area contributed by atoms with Crippen LogP contribution in [0.1, 0.15) is 31.1 Å². The standard InChI is InChI=1S/C15H19FO3/c1-8-9(2)19-10(3)14(8)15(17)12-6-5-11(18-4)7-13(12)16/h5-10,14H,1-4H3. The second-order valence-corrected chi connectivity index (χ2v) is 5.14. The first-order valence-corrected chi connectivity index (χ1v) is 6.49. The van der Waals surface area contributed by atoms with Crippen molar-refractivity contribution >= 4 is 5.78 Å². The van der Waals surface area contributed by atoms with Crippen molar-refractivity contribution in [3.05, 3.63) is 29.6 Å². The number of benzene rings is 1. The van der Waals surface area contributed by atoms with Crippen LogP contribution in [0.3, 0.4) is 0 Å². The average Bonchev–Trinajstić information content (AvgIpc) is 2.62. The van der Waals surface area contributed by atoms with Crippen molar-refractivity contribution in [2.75, 3.05) is 7.11 Å². The van der Waals surface area contributed by atoms with Crippen molar-refractivity contribution < 1.29 is 18.7 Å². The maximum absolute atomic E-state index is 14.0. The topological polar surface area (TPSA) is 35.5 Å². The largest absolute Gasteiger partial charge is 0.497 e. The Hall–Kier alpha value is -1.42. The van der Waals surface area contributed by atoms with E-state index in [0.29, 0.717) is 5.75 Å². The Morgan fingerprint density at radius 3 is 2.42 bits per heavy atom. The van der Waals surface area contributed by atoms with Crippen molar-refractivity contribution in [1.82, 2.24) is 0 Å². The van der Waals surface area contributed by atoms with E-state index in [2.05, 4.69) is 0 Å². The first-order valence-electron chi connectivity index (χ1n) is 6.49. The lowest BCUT2D eigenvalue weighted by Crippen LogP contribution is -2.27.